The van der Waals surface area contributed by atoms with Crippen molar-refractivity contribution in [1.29, 1.82) is 0 Å². The third kappa shape index (κ3) is 1.55. The minimum atomic E-state index is 1.15. The molecule has 1 rings (SSSR count). The van der Waals surface area contributed by atoms with Gasteiger partial charge in [0.05, 0.1) is 0 Å². The molecule has 0 radical (unpaired) electrons. The number of halogens is 1. The molecule has 9 heavy (non-hydrogen) atoms. The van der Waals surface area contributed by atoms with E-state index in [0.717, 1.165) is 6.42 Å². The second-order valence-electron chi connectivity index (χ2n) is 1.97. The van der Waals surface area contributed by atoms with Crippen LogP contribution in [0.5, 0.6) is 0 Å². The third-order valence-corrected chi connectivity index (χ3v) is 3.54. The zero-order chi connectivity index (χ0) is 6.85. The summed E-state index contributed by atoms with van der Waals surface area (Å²) in [6.07, 6.45) is 1.15. The van der Waals surface area contributed by atoms with E-state index in [-0.39, 0.29) is 0 Å². The van der Waals surface area contributed by atoms with E-state index < -0.39 is 0 Å². The zero-order valence-corrected chi connectivity index (χ0v) is 7.97. The Kier molecular flexibility index (Phi) is 2.30. The van der Waals surface area contributed by atoms with Crippen molar-refractivity contribution in [2.75, 3.05) is 0 Å². The molecule has 0 bridgehead atoms. The Morgan fingerprint density at radius 3 is 2.56 bits per heavy atom. The molecule has 0 aliphatic carbocycles. The lowest BCUT2D eigenvalue weighted by Gasteiger charge is -1.80. The first-order valence-corrected chi connectivity index (χ1v) is 4.59. The zero-order valence-electron chi connectivity index (χ0n) is 5.57. The van der Waals surface area contributed by atoms with Crippen LogP contribution in [-0.4, -0.2) is 0 Å². The van der Waals surface area contributed by atoms with Crippen LogP contribution < -0.4 is 0 Å². The molecule has 50 valence electrons. The monoisotopic (exact) mass is 204 g/mol. The van der Waals surface area contributed by atoms with E-state index in [4.69, 9.17) is 0 Å². The summed E-state index contributed by atoms with van der Waals surface area (Å²) in [5, 5.41) is 0. The van der Waals surface area contributed by atoms with E-state index in [9.17, 15) is 0 Å². The highest BCUT2D eigenvalue weighted by atomic mass is 79.9. The van der Waals surface area contributed by atoms with Gasteiger partial charge < -0.3 is 0 Å². The lowest BCUT2D eigenvalue weighted by molar-refractivity contribution is 1.18. The van der Waals surface area contributed by atoms with E-state index in [1.54, 1.807) is 0 Å². The SMILES string of the molecule is CCc1cc(Br)c(C)s1. The Bertz CT molecular complexity index is 183. The fourth-order valence-electron chi connectivity index (χ4n) is 0.692. The summed E-state index contributed by atoms with van der Waals surface area (Å²) >= 11 is 5.33. The van der Waals surface area contributed by atoms with Gasteiger partial charge in [0.15, 0.2) is 0 Å². The second-order valence-corrected chi connectivity index (χ2v) is 4.17. The molecule has 0 fully saturated rings. The van der Waals surface area contributed by atoms with Gasteiger partial charge in [0.25, 0.3) is 0 Å². The average molecular weight is 205 g/mol. The van der Waals surface area contributed by atoms with Gasteiger partial charge in [0.2, 0.25) is 0 Å². The van der Waals surface area contributed by atoms with Crippen LogP contribution in [0.4, 0.5) is 0 Å². The largest absolute Gasteiger partial charge is 0.145 e. The van der Waals surface area contributed by atoms with Crippen LogP contribution in [0.15, 0.2) is 10.5 Å². The number of hydrogen-bond donors (Lipinski definition) is 0. The Morgan fingerprint density at radius 1 is 1.67 bits per heavy atom. The summed E-state index contributed by atoms with van der Waals surface area (Å²) in [5.74, 6) is 0. The fourth-order valence-corrected chi connectivity index (χ4v) is 2.23. The normalized spacial score (nSPS) is 10.1. The molecular weight excluding hydrogens is 196 g/mol. The lowest BCUT2D eigenvalue weighted by atomic mass is 10.4. The van der Waals surface area contributed by atoms with Crippen molar-refractivity contribution in [3.8, 4) is 0 Å². The van der Waals surface area contributed by atoms with Crippen LogP contribution in [-0.2, 0) is 6.42 Å². The smallest absolute Gasteiger partial charge is 0.0314 e. The predicted octanol–water partition coefficient (Wildman–Crippen LogP) is 3.38. The Balaban J connectivity index is 2.98. The van der Waals surface area contributed by atoms with Crippen LogP contribution >= 0.6 is 27.3 Å². The highest BCUT2D eigenvalue weighted by Gasteiger charge is 1.98. The van der Waals surface area contributed by atoms with E-state index in [0.29, 0.717) is 0 Å². The molecule has 0 aliphatic heterocycles. The number of thiophene rings is 1. The lowest BCUT2D eigenvalue weighted by Crippen LogP contribution is -1.64. The van der Waals surface area contributed by atoms with Crippen molar-refractivity contribution in [1.82, 2.24) is 0 Å². The van der Waals surface area contributed by atoms with Gasteiger partial charge in [0, 0.05) is 14.2 Å². The van der Waals surface area contributed by atoms with Crippen molar-refractivity contribution >= 4 is 27.3 Å². The first-order chi connectivity index (χ1) is 4.24. The molecule has 0 spiro atoms. The number of rotatable bonds is 1. The highest BCUT2D eigenvalue weighted by Crippen LogP contribution is 2.26. The van der Waals surface area contributed by atoms with Gasteiger partial charge in [-0.05, 0) is 35.3 Å². The molecule has 1 heterocycles. The van der Waals surface area contributed by atoms with E-state index in [1.165, 1.54) is 14.2 Å². The standard InChI is InChI=1S/C7H9BrS/c1-3-6-4-7(8)5(2)9-6/h4H,3H2,1-2H3. The quantitative estimate of drug-likeness (QED) is 0.659. The first-order valence-electron chi connectivity index (χ1n) is 2.99. The average Bonchev–Trinajstić information content (AvgIpc) is 2.13. The molecule has 0 N–H and O–H groups in total. The highest BCUT2D eigenvalue weighted by molar-refractivity contribution is 9.10. The van der Waals surface area contributed by atoms with Crippen molar-refractivity contribution in [3.63, 3.8) is 0 Å². The molecule has 0 saturated carbocycles. The van der Waals surface area contributed by atoms with Gasteiger partial charge in [-0.25, -0.2) is 0 Å². The van der Waals surface area contributed by atoms with Crippen LogP contribution in [0.25, 0.3) is 0 Å². The van der Waals surface area contributed by atoms with E-state index in [2.05, 4.69) is 35.8 Å². The summed E-state index contributed by atoms with van der Waals surface area (Å²) in [6.45, 7) is 4.31. The fraction of sp³-hybridized carbons (Fsp3) is 0.429. The molecule has 0 amide bonds. The number of aryl methyl sites for hydroxylation is 2. The predicted molar refractivity (Wildman–Crippen MR) is 46.1 cm³/mol. The molecule has 0 atom stereocenters. The van der Waals surface area contributed by atoms with Crippen LogP contribution in [0.3, 0.4) is 0 Å². The van der Waals surface area contributed by atoms with Crippen LogP contribution in [0, 0.1) is 6.92 Å². The van der Waals surface area contributed by atoms with Crippen LogP contribution in [0.1, 0.15) is 16.7 Å². The minimum Gasteiger partial charge on any atom is -0.145 e. The molecule has 0 aliphatic rings. The molecular formula is C7H9BrS. The Hall–Kier alpha value is 0.180. The van der Waals surface area contributed by atoms with Gasteiger partial charge in [-0.2, -0.15) is 0 Å². The first kappa shape index (κ1) is 7.29. The molecule has 0 aromatic carbocycles. The summed E-state index contributed by atoms with van der Waals surface area (Å²) in [6, 6.07) is 2.19. The maximum Gasteiger partial charge on any atom is 0.0314 e. The minimum absolute atomic E-state index is 1.15. The maximum atomic E-state index is 3.47. The summed E-state index contributed by atoms with van der Waals surface area (Å²) in [4.78, 5) is 2.84. The molecule has 0 nitrogen and oxygen atoms in total. The molecule has 1 aromatic heterocycles. The second kappa shape index (κ2) is 2.84. The number of hydrogen-bond acceptors (Lipinski definition) is 1. The summed E-state index contributed by atoms with van der Waals surface area (Å²) < 4.78 is 1.25. The van der Waals surface area contributed by atoms with Gasteiger partial charge in [0.1, 0.15) is 0 Å². The van der Waals surface area contributed by atoms with Crippen molar-refractivity contribution in [3.05, 3.63) is 20.3 Å². The van der Waals surface area contributed by atoms with Gasteiger partial charge >= 0.3 is 0 Å². The summed E-state index contributed by atoms with van der Waals surface area (Å²) in [5.41, 5.74) is 0. The van der Waals surface area contributed by atoms with E-state index in [1.807, 2.05) is 11.3 Å². The Labute approximate surface area is 68.0 Å². The third-order valence-electron chi connectivity index (χ3n) is 1.26. The topological polar surface area (TPSA) is 0 Å². The van der Waals surface area contributed by atoms with Gasteiger partial charge in [-0.3, -0.25) is 0 Å². The molecule has 0 unspecified atom stereocenters. The summed E-state index contributed by atoms with van der Waals surface area (Å²) in [7, 11) is 0. The van der Waals surface area contributed by atoms with Crippen LogP contribution in [0.2, 0.25) is 0 Å². The maximum absolute atomic E-state index is 3.47. The molecule has 2 heteroatoms. The molecule has 0 saturated heterocycles. The molecule has 1 aromatic rings. The van der Waals surface area contributed by atoms with Gasteiger partial charge in [-0.15, -0.1) is 11.3 Å². The van der Waals surface area contributed by atoms with Crippen molar-refractivity contribution < 1.29 is 0 Å². The van der Waals surface area contributed by atoms with Crippen molar-refractivity contribution in [2.45, 2.75) is 20.3 Å². The Morgan fingerprint density at radius 2 is 2.33 bits per heavy atom. The van der Waals surface area contributed by atoms with Crippen molar-refractivity contribution in [2.24, 2.45) is 0 Å². The van der Waals surface area contributed by atoms with Gasteiger partial charge in [-0.1, -0.05) is 6.92 Å². The van der Waals surface area contributed by atoms with E-state index >= 15 is 0 Å².